The van der Waals surface area contributed by atoms with Crippen LogP contribution in [0.25, 0.3) is 11.0 Å². The first-order valence-electron chi connectivity index (χ1n) is 9.45. The van der Waals surface area contributed by atoms with E-state index in [0.29, 0.717) is 21.9 Å². The molecule has 0 saturated heterocycles. The van der Waals surface area contributed by atoms with Crippen LogP contribution in [-0.2, 0) is 20.7 Å². The number of esters is 1. The van der Waals surface area contributed by atoms with Gasteiger partial charge in [-0.3, -0.25) is 9.59 Å². The molecule has 0 aliphatic carbocycles. The van der Waals surface area contributed by atoms with Crippen molar-refractivity contribution in [1.82, 2.24) is 0 Å². The number of carbonyl (C=O) groups excluding carboxylic acids is 2. The first-order chi connectivity index (χ1) is 14.4. The van der Waals surface area contributed by atoms with Crippen molar-refractivity contribution in [3.63, 3.8) is 0 Å². The molecule has 3 aromatic rings. The number of nitrogens with zero attached hydrogens (tertiary/aromatic N) is 2. The molecule has 3 rings (SSSR count). The molecule has 1 heterocycles. The Kier molecular flexibility index (Phi) is 6.76. The molecule has 0 aliphatic rings. The molecule has 2 aromatic carbocycles. The van der Waals surface area contributed by atoms with Crippen molar-refractivity contribution in [2.45, 2.75) is 26.7 Å². The number of hydrogen-bond acceptors (Lipinski definition) is 5. The molecule has 154 valence electrons. The lowest BCUT2D eigenvalue weighted by molar-refractivity contribution is -0.147. The zero-order valence-electron chi connectivity index (χ0n) is 16.8. The van der Waals surface area contributed by atoms with Crippen molar-refractivity contribution in [2.75, 3.05) is 18.1 Å². The molecule has 0 saturated carbocycles. The number of fused-ring (bicyclic) bond motifs is 1. The molecule has 30 heavy (non-hydrogen) atoms. The summed E-state index contributed by atoms with van der Waals surface area (Å²) in [6, 6.07) is 12.7. The van der Waals surface area contributed by atoms with Crippen LogP contribution in [0, 0.1) is 25.2 Å². The van der Waals surface area contributed by atoms with E-state index in [1.54, 1.807) is 24.3 Å². The molecule has 1 aromatic heterocycles. The highest BCUT2D eigenvalue weighted by atomic mass is 35.5. The summed E-state index contributed by atoms with van der Waals surface area (Å²) in [5.41, 5.74) is 4.17. The Morgan fingerprint density at radius 2 is 1.97 bits per heavy atom. The zero-order chi connectivity index (χ0) is 21.7. The van der Waals surface area contributed by atoms with Crippen molar-refractivity contribution in [1.29, 1.82) is 5.26 Å². The number of rotatable bonds is 7. The van der Waals surface area contributed by atoms with Gasteiger partial charge in [-0.05, 0) is 55.3 Å². The zero-order valence-corrected chi connectivity index (χ0v) is 17.5. The summed E-state index contributed by atoms with van der Waals surface area (Å²) in [4.78, 5) is 26.4. The fraction of sp³-hybridized carbons (Fsp3) is 0.261. The Labute approximate surface area is 179 Å². The summed E-state index contributed by atoms with van der Waals surface area (Å²) >= 11 is 6.01. The van der Waals surface area contributed by atoms with E-state index in [1.165, 1.54) is 11.2 Å². The summed E-state index contributed by atoms with van der Waals surface area (Å²) in [7, 11) is 0. The van der Waals surface area contributed by atoms with Gasteiger partial charge in [0.05, 0.1) is 25.2 Å². The second kappa shape index (κ2) is 9.47. The van der Waals surface area contributed by atoms with Crippen LogP contribution in [0.2, 0.25) is 5.02 Å². The smallest absolute Gasteiger partial charge is 0.310 e. The second-order valence-corrected chi connectivity index (χ2v) is 7.40. The molecular formula is C23H21ClN2O4. The van der Waals surface area contributed by atoms with E-state index in [-0.39, 0.29) is 19.4 Å². The van der Waals surface area contributed by atoms with Gasteiger partial charge < -0.3 is 14.1 Å². The number of amides is 1. The molecule has 0 spiro atoms. The van der Waals surface area contributed by atoms with E-state index in [2.05, 4.69) is 0 Å². The Bertz CT molecular complexity index is 1130. The minimum absolute atomic E-state index is 0.00184. The van der Waals surface area contributed by atoms with Crippen LogP contribution < -0.4 is 4.90 Å². The number of ether oxygens (including phenoxy) is 1. The Hall–Kier alpha value is -3.30. The molecule has 0 unspecified atom stereocenters. The summed E-state index contributed by atoms with van der Waals surface area (Å²) in [6.07, 6.45) is 1.68. The minimum Gasteiger partial charge on any atom is -0.464 e. The fourth-order valence-electron chi connectivity index (χ4n) is 3.10. The van der Waals surface area contributed by atoms with E-state index >= 15 is 0 Å². The van der Waals surface area contributed by atoms with Gasteiger partial charge in [-0.15, -0.1) is 0 Å². The van der Waals surface area contributed by atoms with Crippen LogP contribution in [0.15, 0.2) is 47.1 Å². The predicted octanol–water partition coefficient (Wildman–Crippen LogP) is 4.74. The van der Waals surface area contributed by atoms with Crippen LogP contribution in [0.1, 0.15) is 23.1 Å². The Morgan fingerprint density at radius 3 is 2.70 bits per heavy atom. The topological polar surface area (TPSA) is 83.5 Å². The second-order valence-electron chi connectivity index (χ2n) is 6.96. The molecule has 0 aliphatic heterocycles. The fourth-order valence-corrected chi connectivity index (χ4v) is 3.29. The molecular weight excluding hydrogens is 404 g/mol. The first kappa shape index (κ1) is 21.4. The number of halogens is 1. The maximum absolute atomic E-state index is 12.6. The normalized spacial score (nSPS) is 10.6. The van der Waals surface area contributed by atoms with Crippen LogP contribution >= 0.6 is 11.6 Å². The van der Waals surface area contributed by atoms with Crippen molar-refractivity contribution in [3.05, 3.63) is 64.4 Å². The predicted molar refractivity (Wildman–Crippen MR) is 114 cm³/mol. The molecule has 0 radical (unpaired) electrons. The van der Waals surface area contributed by atoms with Crippen molar-refractivity contribution < 1.29 is 18.7 Å². The maximum atomic E-state index is 12.6. The van der Waals surface area contributed by atoms with Crippen molar-refractivity contribution in [2.24, 2.45) is 0 Å². The number of hydrogen-bond donors (Lipinski definition) is 0. The van der Waals surface area contributed by atoms with E-state index < -0.39 is 18.5 Å². The van der Waals surface area contributed by atoms with E-state index in [4.69, 9.17) is 26.0 Å². The third-order valence-electron chi connectivity index (χ3n) is 4.83. The van der Waals surface area contributed by atoms with Gasteiger partial charge in [-0.1, -0.05) is 17.7 Å². The third-order valence-corrected chi connectivity index (χ3v) is 5.06. The van der Waals surface area contributed by atoms with Gasteiger partial charge >= 0.3 is 5.97 Å². The van der Waals surface area contributed by atoms with Crippen LogP contribution in [0.3, 0.4) is 0 Å². The first-order valence-corrected chi connectivity index (χ1v) is 9.82. The van der Waals surface area contributed by atoms with Gasteiger partial charge in [0, 0.05) is 28.2 Å². The highest BCUT2D eigenvalue weighted by molar-refractivity contribution is 6.30. The van der Waals surface area contributed by atoms with Gasteiger partial charge in [0.25, 0.3) is 5.91 Å². The lowest BCUT2D eigenvalue weighted by Crippen LogP contribution is -2.35. The summed E-state index contributed by atoms with van der Waals surface area (Å²) < 4.78 is 10.7. The molecule has 1 amide bonds. The van der Waals surface area contributed by atoms with Crippen LogP contribution in [0.5, 0.6) is 0 Å². The highest BCUT2D eigenvalue weighted by Gasteiger charge is 2.19. The lowest BCUT2D eigenvalue weighted by atomic mass is 10.0. The number of anilines is 1. The highest BCUT2D eigenvalue weighted by Crippen LogP contribution is 2.25. The average Bonchev–Trinajstić information content (AvgIpc) is 3.08. The number of carbonyl (C=O) groups is 2. The molecule has 7 heteroatoms. The van der Waals surface area contributed by atoms with E-state index in [1.807, 2.05) is 32.0 Å². The van der Waals surface area contributed by atoms with Crippen LogP contribution in [0.4, 0.5) is 5.69 Å². The van der Waals surface area contributed by atoms with Gasteiger partial charge in [-0.25, -0.2) is 0 Å². The van der Waals surface area contributed by atoms with Crippen LogP contribution in [-0.4, -0.2) is 25.0 Å². The van der Waals surface area contributed by atoms with Gasteiger partial charge in [0.15, 0.2) is 6.61 Å². The van der Waals surface area contributed by atoms with Gasteiger partial charge in [0.2, 0.25) is 0 Å². The largest absolute Gasteiger partial charge is 0.464 e. The summed E-state index contributed by atoms with van der Waals surface area (Å²) in [5.74, 6) is -0.958. The number of aryl methyl sites for hydroxylation is 2. The SMILES string of the molecule is Cc1cc2occ(CC(=O)OCC(=O)N(CCC#N)c3cccc(Cl)c3)c2cc1C. The summed E-state index contributed by atoms with van der Waals surface area (Å²) in [6.45, 7) is 3.74. The molecule has 6 nitrogen and oxygen atoms in total. The maximum Gasteiger partial charge on any atom is 0.310 e. The minimum atomic E-state index is -0.532. The summed E-state index contributed by atoms with van der Waals surface area (Å²) in [5, 5.41) is 10.2. The number of nitriles is 1. The van der Waals surface area contributed by atoms with E-state index in [9.17, 15) is 9.59 Å². The number of furan rings is 1. The quantitative estimate of drug-likeness (QED) is 0.511. The Balaban J connectivity index is 1.66. The molecule has 0 fully saturated rings. The van der Waals surface area contributed by atoms with Gasteiger partial charge in [-0.2, -0.15) is 5.26 Å². The molecule has 0 N–H and O–H groups in total. The number of benzene rings is 2. The Morgan fingerprint density at radius 1 is 1.20 bits per heavy atom. The van der Waals surface area contributed by atoms with Gasteiger partial charge in [0.1, 0.15) is 5.58 Å². The standard InChI is InChI=1S/C23H21ClN2O4/c1-15-9-20-17(13-29-21(20)10-16(15)2)11-23(28)30-14-22(27)26(8-4-7-25)19-6-3-5-18(24)12-19/h3,5-6,9-10,12-13H,4,8,11,14H2,1-2H3. The monoisotopic (exact) mass is 424 g/mol. The average molecular weight is 425 g/mol. The molecule has 0 bridgehead atoms. The lowest BCUT2D eigenvalue weighted by Gasteiger charge is -2.21. The third kappa shape index (κ3) is 5.00. The molecule has 0 atom stereocenters. The van der Waals surface area contributed by atoms with E-state index in [0.717, 1.165) is 16.5 Å². The van der Waals surface area contributed by atoms with Crippen molar-refractivity contribution >= 4 is 40.1 Å². The van der Waals surface area contributed by atoms with Crippen molar-refractivity contribution in [3.8, 4) is 6.07 Å².